The van der Waals surface area contributed by atoms with E-state index in [-0.39, 0.29) is 0 Å². The molecule has 0 aromatic carbocycles. The van der Waals surface area contributed by atoms with Crippen molar-refractivity contribution in [1.82, 2.24) is 5.32 Å². The molecule has 0 saturated heterocycles. The molecule has 3 unspecified atom stereocenters. The first-order valence-corrected chi connectivity index (χ1v) is 9.17. The molecule has 2 rings (SSSR count). The van der Waals surface area contributed by atoms with Gasteiger partial charge < -0.3 is 5.32 Å². The van der Waals surface area contributed by atoms with Crippen molar-refractivity contribution in [1.29, 1.82) is 0 Å². The molecule has 1 heteroatoms. The smallest absolute Gasteiger partial charge is 0.00683 e. The summed E-state index contributed by atoms with van der Waals surface area (Å²) < 4.78 is 0. The third kappa shape index (κ3) is 5.60. The lowest BCUT2D eigenvalue weighted by Crippen LogP contribution is -2.34. The van der Waals surface area contributed by atoms with E-state index in [0.29, 0.717) is 0 Å². The Balaban J connectivity index is 1.70. The van der Waals surface area contributed by atoms with Crippen LogP contribution in [0.5, 0.6) is 0 Å². The zero-order valence-electron chi connectivity index (χ0n) is 13.6. The Morgan fingerprint density at radius 1 is 1.05 bits per heavy atom. The van der Waals surface area contributed by atoms with Crippen LogP contribution in [0.25, 0.3) is 0 Å². The predicted molar refractivity (Wildman–Crippen MR) is 88.9 cm³/mol. The molecule has 0 spiro atoms. The van der Waals surface area contributed by atoms with Gasteiger partial charge in [-0.2, -0.15) is 0 Å². The van der Waals surface area contributed by atoms with Gasteiger partial charge in [0.05, 0.1) is 0 Å². The summed E-state index contributed by atoms with van der Waals surface area (Å²) in [6.07, 6.45) is 17.7. The molecule has 2 aliphatic carbocycles. The van der Waals surface area contributed by atoms with Crippen LogP contribution < -0.4 is 5.32 Å². The molecule has 0 heterocycles. The summed E-state index contributed by atoms with van der Waals surface area (Å²) in [7, 11) is 0. The third-order valence-corrected chi connectivity index (χ3v) is 5.56. The van der Waals surface area contributed by atoms with Crippen LogP contribution in [0.2, 0.25) is 0 Å². The van der Waals surface area contributed by atoms with Crippen LogP contribution >= 0.6 is 0 Å². The van der Waals surface area contributed by atoms with Crippen LogP contribution in [0.4, 0.5) is 0 Å². The second-order valence-electron chi connectivity index (χ2n) is 7.22. The van der Waals surface area contributed by atoms with Crippen molar-refractivity contribution < 1.29 is 0 Å². The number of rotatable bonds is 10. The van der Waals surface area contributed by atoms with Gasteiger partial charge in [-0.05, 0) is 62.8 Å². The van der Waals surface area contributed by atoms with E-state index in [0.717, 1.165) is 23.8 Å². The third-order valence-electron chi connectivity index (χ3n) is 5.56. The van der Waals surface area contributed by atoms with E-state index < -0.39 is 0 Å². The van der Waals surface area contributed by atoms with Crippen LogP contribution in [0.15, 0.2) is 12.7 Å². The number of hydrogen-bond acceptors (Lipinski definition) is 1. The minimum atomic E-state index is 0.882. The lowest BCUT2D eigenvalue weighted by Gasteiger charge is -2.36. The van der Waals surface area contributed by atoms with Crippen molar-refractivity contribution in [2.45, 2.75) is 83.6 Å². The lowest BCUT2D eigenvalue weighted by molar-refractivity contribution is 0.159. The zero-order valence-corrected chi connectivity index (χ0v) is 13.6. The van der Waals surface area contributed by atoms with E-state index in [1.165, 1.54) is 77.2 Å². The Morgan fingerprint density at radius 2 is 1.90 bits per heavy atom. The van der Waals surface area contributed by atoms with Gasteiger partial charge >= 0.3 is 0 Å². The molecular weight excluding hydrogens is 242 g/mol. The summed E-state index contributed by atoms with van der Waals surface area (Å²) in [5.74, 6) is 2.99. The monoisotopic (exact) mass is 277 g/mol. The Hall–Kier alpha value is -0.300. The molecule has 0 aromatic heterocycles. The maximum atomic E-state index is 3.82. The Labute approximate surface area is 126 Å². The standard InChI is InChI=1S/C19H35N/c1-3-5-6-7-8-9-17-14-16(4-2)10-11-18(17)15-20-19-12-13-19/h3,16-20H,1,4-15H2,2H3. The fourth-order valence-electron chi connectivity index (χ4n) is 3.89. The average Bonchev–Trinajstić information content (AvgIpc) is 3.29. The van der Waals surface area contributed by atoms with E-state index in [2.05, 4.69) is 24.9 Å². The highest BCUT2D eigenvalue weighted by Crippen LogP contribution is 2.38. The first-order chi connectivity index (χ1) is 9.83. The largest absolute Gasteiger partial charge is 0.314 e. The van der Waals surface area contributed by atoms with Gasteiger partial charge in [-0.25, -0.2) is 0 Å². The quantitative estimate of drug-likeness (QED) is 0.421. The maximum Gasteiger partial charge on any atom is 0.00683 e. The summed E-state index contributed by atoms with van der Waals surface area (Å²) >= 11 is 0. The summed E-state index contributed by atoms with van der Waals surface area (Å²) in [6, 6.07) is 0.882. The summed E-state index contributed by atoms with van der Waals surface area (Å²) in [6.45, 7) is 7.51. The molecule has 0 amide bonds. The van der Waals surface area contributed by atoms with Crippen molar-refractivity contribution in [2.75, 3.05) is 6.54 Å². The molecule has 1 nitrogen and oxygen atoms in total. The lowest BCUT2D eigenvalue weighted by atomic mass is 9.71. The van der Waals surface area contributed by atoms with Crippen molar-refractivity contribution in [3.05, 3.63) is 12.7 Å². The van der Waals surface area contributed by atoms with Crippen molar-refractivity contribution in [2.24, 2.45) is 17.8 Å². The van der Waals surface area contributed by atoms with E-state index >= 15 is 0 Å². The summed E-state index contributed by atoms with van der Waals surface area (Å²) in [5, 5.41) is 3.79. The molecule has 2 saturated carbocycles. The van der Waals surface area contributed by atoms with E-state index in [4.69, 9.17) is 0 Å². The second kappa shape index (κ2) is 8.87. The molecule has 116 valence electrons. The van der Waals surface area contributed by atoms with Crippen molar-refractivity contribution in [3.63, 3.8) is 0 Å². The Bertz CT molecular complexity index is 269. The zero-order chi connectivity index (χ0) is 14.2. The van der Waals surface area contributed by atoms with Gasteiger partial charge in [0.15, 0.2) is 0 Å². The molecule has 0 bridgehead atoms. The minimum absolute atomic E-state index is 0.882. The van der Waals surface area contributed by atoms with Crippen LogP contribution in [0, 0.1) is 17.8 Å². The minimum Gasteiger partial charge on any atom is -0.314 e. The topological polar surface area (TPSA) is 12.0 Å². The van der Waals surface area contributed by atoms with Gasteiger partial charge in [0.25, 0.3) is 0 Å². The molecule has 20 heavy (non-hydrogen) atoms. The molecule has 0 aliphatic heterocycles. The number of allylic oxidation sites excluding steroid dienone is 1. The van der Waals surface area contributed by atoms with Gasteiger partial charge in [-0.3, -0.25) is 0 Å². The Kier molecular flexibility index (Phi) is 7.13. The van der Waals surface area contributed by atoms with Gasteiger partial charge in [-0.15, -0.1) is 6.58 Å². The molecule has 0 radical (unpaired) electrons. The number of hydrogen-bond donors (Lipinski definition) is 1. The molecular formula is C19H35N. The first kappa shape index (κ1) is 16.1. The highest BCUT2D eigenvalue weighted by atomic mass is 14.9. The highest BCUT2D eigenvalue weighted by Gasteiger charge is 2.30. The van der Waals surface area contributed by atoms with Gasteiger partial charge in [0, 0.05) is 6.04 Å². The molecule has 2 aliphatic rings. The average molecular weight is 277 g/mol. The van der Waals surface area contributed by atoms with Crippen molar-refractivity contribution in [3.8, 4) is 0 Å². The molecule has 1 N–H and O–H groups in total. The molecule has 0 aromatic rings. The van der Waals surface area contributed by atoms with Gasteiger partial charge in [0.1, 0.15) is 0 Å². The number of nitrogens with one attached hydrogen (secondary N) is 1. The second-order valence-corrected chi connectivity index (χ2v) is 7.22. The van der Waals surface area contributed by atoms with Gasteiger partial charge in [0.2, 0.25) is 0 Å². The van der Waals surface area contributed by atoms with Gasteiger partial charge in [-0.1, -0.05) is 45.1 Å². The maximum absolute atomic E-state index is 3.82. The van der Waals surface area contributed by atoms with Crippen molar-refractivity contribution >= 4 is 0 Å². The first-order valence-electron chi connectivity index (χ1n) is 9.17. The Morgan fingerprint density at radius 3 is 2.60 bits per heavy atom. The highest BCUT2D eigenvalue weighted by molar-refractivity contribution is 4.86. The predicted octanol–water partition coefficient (Wildman–Crippen LogP) is 5.32. The van der Waals surface area contributed by atoms with Crippen LogP contribution in [0.1, 0.15) is 77.6 Å². The van der Waals surface area contributed by atoms with Crippen LogP contribution in [-0.4, -0.2) is 12.6 Å². The van der Waals surface area contributed by atoms with E-state index in [1.54, 1.807) is 0 Å². The summed E-state index contributed by atoms with van der Waals surface area (Å²) in [5.41, 5.74) is 0. The fraction of sp³-hybridized carbons (Fsp3) is 0.895. The fourth-order valence-corrected chi connectivity index (χ4v) is 3.89. The number of unbranched alkanes of at least 4 members (excludes halogenated alkanes) is 3. The normalized spacial score (nSPS) is 30.4. The van der Waals surface area contributed by atoms with E-state index in [9.17, 15) is 0 Å². The van der Waals surface area contributed by atoms with Crippen LogP contribution in [0.3, 0.4) is 0 Å². The van der Waals surface area contributed by atoms with E-state index in [1.807, 2.05) is 0 Å². The van der Waals surface area contributed by atoms with Crippen LogP contribution in [-0.2, 0) is 0 Å². The molecule has 2 fully saturated rings. The molecule has 3 atom stereocenters. The summed E-state index contributed by atoms with van der Waals surface area (Å²) in [4.78, 5) is 0. The SMILES string of the molecule is C=CCCCCCC1CC(CC)CCC1CNC1CC1.